The van der Waals surface area contributed by atoms with Crippen molar-refractivity contribution in [3.05, 3.63) is 52.3 Å². The predicted octanol–water partition coefficient (Wildman–Crippen LogP) is 1.30. The minimum Gasteiger partial charge on any atom is -0.423 e. The van der Waals surface area contributed by atoms with Crippen molar-refractivity contribution in [1.82, 2.24) is 0 Å². The number of hydrogen-bond donors (Lipinski definition) is 2. The predicted molar refractivity (Wildman–Crippen MR) is 97.4 cm³/mol. The van der Waals surface area contributed by atoms with Gasteiger partial charge >= 0.3 is 5.97 Å². The smallest absolute Gasteiger partial charge is 0.307 e. The summed E-state index contributed by atoms with van der Waals surface area (Å²) in [5.41, 5.74) is 2.02. The Hall–Kier alpha value is -2.84. The van der Waals surface area contributed by atoms with Gasteiger partial charge in [0.15, 0.2) is 5.76 Å². The van der Waals surface area contributed by atoms with E-state index in [0.29, 0.717) is 10.4 Å². The van der Waals surface area contributed by atoms with E-state index in [1.807, 2.05) is 31.1 Å². The van der Waals surface area contributed by atoms with Crippen LogP contribution in [0.3, 0.4) is 0 Å². The number of benzene rings is 1. The molecule has 1 aromatic carbocycles. The topological polar surface area (TPSA) is 102 Å². The molecule has 1 aromatic rings. The van der Waals surface area contributed by atoms with Gasteiger partial charge < -0.3 is 19.8 Å². The van der Waals surface area contributed by atoms with Crippen molar-refractivity contribution in [3.63, 3.8) is 0 Å². The molecule has 1 unspecified atom stereocenters. The van der Waals surface area contributed by atoms with Gasteiger partial charge in [-0.05, 0) is 24.3 Å². The number of rotatable bonds is 6. The van der Waals surface area contributed by atoms with Gasteiger partial charge in [0.05, 0.1) is 30.7 Å². The van der Waals surface area contributed by atoms with E-state index in [1.165, 1.54) is 13.1 Å². The van der Waals surface area contributed by atoms with Crippen LogP contribution in [0.5, 0.6) is 0 Å². The Bertz CT molecular complexity index is 779. The number of carbonyl (C=O) groups is 1. The fraction of sp³-hybridized carbons (Fsp3) is 0.333. The highest BCUT2D eigenvalue weighted by Gasteiger charge is 2.38. The lowest BCUT2D eigenvalue weighted by Crippen LogP contribution is -2.33. The fourth-order valence-electron chi connectivity index (χ4n) is 2.48. The van der Waals surface area contributed by atoms with Crippen molar-refractivity contribution < 1.29 is 24.5 Å². The van der Waals surface area contributed by atoms with Gasteiger partial charge in [-0.2, -0.15) is 0 Å². The summed E-state index contributed by atoms with van der Waals surface area (Å²) in [6.45, 7) is 0.252. The maximum Gasteiger partial charge on any atom is 0.307 e. The first kappa shape index (κ1) is 19.5. The molecule has 0 fully saturated rings. The summed E-state index contributed by atoms with van der Waals surface area (Å²) in [4.78, 5) is 29.9. The van der Waals surface area contributed by atoms with Gasteiger partial charge in [0.2, 0.25) is 6.20 Å². The molecule has 0 amide bonds. The van der Waals surface area contributed by atoms with Crippen molar-refractivity contribution >= 4 is 23.6 Å². The van der Waals surface area contributed by atoms with Crippen molar-refractivity contribution in [3.8, 4) is 0 Å². The number of anilines is 1. The number of nitroso groups, excluding NO2 is 1. The molecular weight excluding hydrogens is 338 g/mol. The van der Waals surface area contributed by atoms with E-state index in [1.54, 1.807) is 12.1 Å². The van der Waals surface area contributed by atoms with Crippen LogP contribution in [0, 0.1) is 4.91 Å². The van der Waals surface area contributed by atoms with Crippen LogP contribution in [0.4, 0.5) is 11.4 Å². The summed E-state index contributed by atoms with van der Waals surface area (Å²) in [7, 11) is 3.85. The minimum absolute atomic E-state index is 0.0322. The number of hydrogen-bond acceptors (Lipinski definition) is 7. The number of aliphatic hydroxyl groups excluding tert-OH is 2. The average Bonchev–Trinajstić information content (AvgIpc) is 2.60. The summed E-state index contributed by atoms with van der Waals surface area (Å²) in [5.74, 6) is -0.664. The summed E-state index contributed by atoms with van der Waals surface area (Å²) in [6.07, 6.45) is 2.50. The normalized spacial score (nSPS) is 17.5. The van der Waals surface area contributed by atoms with E-state index >= 15 is 0 Å². The van der Waals surface area contributed by atoms with Gasteiger partial charge in [0.25, 0.3) is 6.04 Å². The van der Waals surface area contributed by atoms with E-state index in [0.717, 1.165) is 11.9 Å². The molecule has 8 nitrogen and oxygen atoms in total. The SMILES string of the molecule is CC(=O)OC1=C(CO)C(CO)=C[N+](=O)C1C=Nc1ccc(N(C)C)cc1. The molecular formula is C18H22N3O5+. The highest BCUT2D eigenvalue weighted by molar-refractivity contribution is 5.75. The van der Waals surface area contributed by atoms with Crippen LogP contribution in [0.15, 0.2) is 52.4 Å². The maximum atomic E-state index is 12.3. The van der Waals surface area contributed by atoms with Crippen molar-refractivity contribution in [2.24, 2.45) is 4.99 Å². The zero-order chi connectivity index (χ0) is 19.3. The zero-order valence-electron chi connectivity index (χ0n) is 14.9. The second kappa shape index (κ2) is 8.50. The molecule has 0 radical (unpaired) electrons. The molecule has 1 atom stereocenters. The van der Waals surface area contributed by atoms with Crippen LogP contribution >= 0.6 is 0 Å². The third kappa shape index (κ3) is 4.41. The number of nitrogens with zero attached hydrogens (tertiary/aromatic N) is 3. The van der Waals surface area contributed by atoms with Gasteiger partial charge in [-0.25, -0.2) is 0 Å². The lowest BCUT2D eigenvalue weighted by atomic mass is 10.00. The van der Waals surface area contributed by atoms with Gasteiger partial charge in [-0.1, -0.05) is 0 Å². The Balaban J connectivity index is 2.35. The van der Waals surface area contributed by atoms with E-state index in [-0.39, 0.29) is 16.9 Å². The van der Waals surface area contributed by atoms with Crippen LogP contribution in [-0.2, 0) is 9.53 Å². The average molecular weight is 360 g/mol. The Kier molecular flexibility index (Phi) is 6.37. The summed E-state index contributed by atoms with van der Waals surface area (Å²) in [5, 5.41) is 18.9. The summed E-state index contributed by atoms with van der Waals surface area (Å²) >= 11 is 0. The van der Waals surface area contributed by atoms with Crippen molar-refractivity contribution in [1.29, 1.82) is 0 Å². The highest BCUT2D eigenvalue weighted by Crippen LogP contribution is 2.26. The minimum atomic E-state index is -1.02. The molecule has 0 saturated carbocycles. The Morgan fingerprint density at radius 2 is 1.92 bits per heavy atom. The standard InChI is InChI=1S/C18H22N3O5/c1-12(24)26-18-16(11-23)13(10-22)9-21(25)17(18)8-19-14-4-6-15(7-5-14)20(2)3/h4-9,17,22-23H,10-11H2,1-3H3/q+1. The molecule has 138 valence electrons. The number of aliphatic imine (C=N–C) groups is 1. The molecule has 8 heteroatoms. The van der Waals surface area contributed by atoms with Crippen LogP contribution in [0.25, 0.3) is 0 Å². The first-order chi connectivity index (χ1) is 12.4. The van der Waals surface area contributed by atoms with Gasteiger partial charge in [-0.3, -0.25) is 9.79 Å². The van der Waals surface area contributed by atoms with Gasteiger partial charge in [0.1, 0.15) is 0 Å². The first-order valence-electron chi connectivity index (χ1n) is 7.98. The molecule has 0 saturated heterocycles. The van der Waals surface area contributed by atoms with Crippen LogP contribution < -0.4 is 4.90 Å². The number of carbonyl (C=O) groups excluding carboxylic acids is 1. The number of aliphatic hydroxyl groups is 2. The van der Waals surface area contributed by atoms with Gasteiger partial charge in [0, 0.05) is 41.9 Å². The van der Waals surface area contributed by atoms with Crippen molar-refractivity contribution in [2.45, 2.75) is 13.0 Å². The highest BCUT2D eigenvalue weighted by atomic mass is 16.5. The first-order valence-corrected chi connectivity index (χ1v) is 7.98. The van der Waals surface area contributed by atoms with E-state index in [9.17, 15) is 19.9 Å². The molecule has 1 heterocycles. The number of ether oxygens (including phenoxy) is 1. The Morgan fingerprint density at radius 3 is 2.42 bits per heavy atom. The summed E-state index contributed by atoms with van der Waals surface area (Å²) in [6, 6.07) is 6.33. The molecule has 2 N–H and O–H groups in total. The molecule has 0 aromatic heterocycles. The molecule has 0 aliphatic carbocycles. The quantitative estimate of drug-likeness (QED) is 0.450. The van der Waals surface area contributed by atoms with Gasteiger partial charge in [-0.15, -0.1) is 0 Å². The molecule has 0 spiro atoms. The zero-order valence-corrected chi connectivity index (χ0v) is 14.9. The number of esters is 1. The second-order valence-corrected chi connectivity index (χ2v) is 5.90. The molecule has 26 heavy (non-hydrogen) atoms. The monoisotopic (exact) mass is 360 g/mol. The molecule has 0 bridgehead atoms. The van der Waals surface area contributed by atoms with E-state index in [4.69, 9.17) is 4.74 Å². The lowest BCUT2D eigenvalue weighted by Gasteiger charge is -2.18. The second-order valence-electron chi connectivity index (χ2n) is 5.90. The summed E-state index contributed by atoms with van der Waals surface area (Å²) < 4.78 is 5.67. The largest absolute Gasteiger partial charge is 0.423 e. The van der Waals surface area contributed by atoms with Crippen LogP contribution in [0.1, 0.15) is 6.92 Å². The third-order valence-electron chi connectivity index (χ3n) is 3.82. The van der Waals surface area contributed by atoms with Crippen LogP contribution in [0.2, 0.25) is 0 Å². The lowest BCUT2D eigenvalue weighted by molar-refractivity contribution is -0.498. The van der Waals surface area contributed by atoms with Crippen molar-refractivity contribution in [2.75, 3.05) is 32.2 Å². The molecule has 2 rings (SSSR count). The molecule has 1 aliphatic heterocycles. The van der Waals surface area contributed by atoms with E-state index < -0.39 is 25.2 Å². The fourth-order valence-corrected chi connectivity index (χ4v) is 2.48. The Labute approximate surface area is 151 Å². The Morgan fingerprint density at radius 1 is 1.27 bits per heavy atom. The van der Waals surface area contributed by atoms with Crippen LogP contribution in [-0.4, -0.2) is 60.5 Å². The molecule has 1 aliphatic rings. The third-order valence-corrected chi connectivity index (χ3v) is 3.82. The van der Waals surface area contributed by atoms with E-state index in [2.05, 4.69) is 4.99 Å². The maximum absolute atomic E-state index is 12.3.